The molecule has 2 heterocycles. The zero-order chi connectivity index (χ0) is 39.8. The molecule has 0 radical (unpaired) electrons. The lowest BCUT2D eigenvalue weighted by atomic mass is 9.91. The summed E-state index contributed by atoms with van der Waals surface area (Å²) in [5.41, 5.74) is 12.8. The molecule has 0 aliphatic carbocycles. The monoisotopic (exact) mass is 768 g/mol. The first kappa shape index (κ1) is 35.0. The number of ether oxygens (including phenoxy) is 1. The van der Waals surface area contributed by atoms with Crippen molar-refractivity contribution in [2.45, 2.75) is 0 Å². The summed E-state index contributed by atoms with van der Waals surface area (Å²) in [6, 6.07) is 75.7. The lowest BCUT2D eigenvalue weighted by Crippen LogP contribution is -2.09. The molecule has 0 fully saturated rings. The summed E-state index contributed by atoms with van der Waals surface area (Å²) in [6.07, 6.45) is 0. The highest BCUT2D eigenvalue weighted by molar-refractivity contribution is 6.09. The predicted octanol–water partition coefficient (Wildman–Crippen LogP) is 14.6. The molecule has 11 rings (SSSR count). The highest BCUT2D eigenvalue weighted by Crippen LogP contribution is 2.49. The summed E-state index contributed by atoms with van der Waals surface area (Å²) in [4.78, 5) is 17.3. The van der Waals surface area contributed by atoms with Crippen LogP contribution in [-0.4, -0.2) is 15.0 Å². The van der Waals surface area contributed by atoms with Crippen molar-refractivity contribution in [3.63, 3.8) is 0 Å². The van der Waals surface area contributed by atoms with Gasteiger partial charge in [-0.25, -0.2) is 15.0 Å². The lowest BCUT2D eigenvalue weighted by molar-refractivity contribution is 0.487. The molecule has 1 aromatic heterocycles. The Balaban J connectivity index is 0.936. The maximum Gasteiger partial charge on any atom is 0.164 e. The van der Waals surface area contributed by atoms with Crippen molar-refractivity contribution in [1.29, 1.82) is 0 Å². The van der Waals surface area contributed by atoms with Gasteiger partial charge in [0, 0.05) is 44.7 Å². The van der Waals surface area contributed by atoms with Gasteiger partial charge in [0.2, 0.25) is 0 Å². The van der Waals surface area contributed by atoms with Crippen LogP contribution < -0.4 is 9.64 Å². The molecule has 0 atom stereocenters. The highest BCUT2D eigenvalue weighted by Gasteiger charge is 2.24. The number of hydrogen-bond donors (Lipinski definition) is 0. The Morgan fingerprint density at radius 3 is 1.37 bits per heavy atom. The van der Waals surface area contributed by atoms with E-state index in [-0.39, 0.29) is 0 Å². The topological polar surface area (TPSA) is 51.1 Å². The molecule has 0 unspecified atom stereocenters. The molecule has 0 N–H and O–H groups in total. The molecule has 0 bridgehead atoms. The van der Waals surface area contributed by atoms with Gasteiger partial charge in [-0.2, -0.15) is 0 Å². The first-order valence-electron chi connectivity index (χ1n) is 20.1. The number of anilines is 3. The van der Waals surface area contributed by atoms with Gasteiger partial charge in [-0.05, 0) is 93.9 Å². The second-order valence-electron chi connectivity index (χ2n) is 14.8. The number of fused-ring (bicyclic) bond motifs is 2. The Bertz CT molecular complexity index is 3080. The van der Waals surface area contributed by atoms with Crippen LogP contribution in [0.1, 0.15) is 0 Å². The summed E-state index contributed by atoms with van der Waals surface area (Å²) in [5, 5.41) is 2.07. The number of nitrogens with zero attached hydrogens (tertiary/aromatic N) is 4. The molecule has 9 aromatic carbocycles. The molecule has 282 valence electrons. The van der Waals surface area contributed by atoms with Crippen molar-refractivity contribution >= 4 is 27.8 Å². The maximum absolute atomic E-state index is 6.75. The fourth-order valence-corrected chi connectivity index (χ4v) is 8.20. The van der Waals surface area contributed by atoms with E-state index in [0.717, 1.165) is 78.3 Å². The highest BCUT2D eigenvalue weighted by atomic mass is 16.5. The van der Waals surface area contributed by atoms with Gasteiger partial charge in [0.15, 0.2) is 17.5 Å². The number of para-hydroxylation sites is 1. The van der Waals surface area contributed by atoms with Crippen LogP contribution in [0.5, 0.6) is 11.5 Å². The Kier molecular flexibility index (Phi) is 8.75. The van der Waals surface area contributed by atoms with Crippen molar-refractivity contribution in [3.8, 4) is 79.0 Å². The van der Waals surface area contributed by atoms with Crippen LogP contribution >= 0.6 is 0 Å². The number of aromatic nitrogens is 3. The predicted molar refractivity (Wildman–Crippen MR) is 245 cm³/mol. The average molecular weight is 769 g/mol. The second-order valence-corrected chi connectivity index (χ2v) is 14.8. The van der Waals surface area contributed by atoms with E-state index >= 15 is 0 Å². The number of rotatable bonds is 8. The molecule has 10 aromatic rings. The third-order valence-electron chi connectivity index (χ3n) is 11.1. The van der Waals surface area contributed by atoms with Gasteiger partial charge in [0.05, 0.1) is 0 Å². The molecule has 0 spiro atoms. The van der Waals surface area contributed by atoms with Crippen LogP contribution in [0.4, 0.5) is 17.1 Å². The minimum atomic E-state index is 0.617. The van der Waals surface area contributed by atoms with Crippen molar-refractivity contribution in [2.75, 3.05) is 4.90 Å². The zero-order valence-corrected chi connectivity index (χ0v) is 32.5. The van der Waals surface area contributed by atoms with E-state index < -0.39 is 0 Å². The molecule has 0 saturated carbocycles. The van der Waals surface area contributed by atoms with Crippen molar-refractivity contribution in [1.82, 2.24) is 15.0 Å². The third kappa shape index (κ3) is 6.45. The molecular weight excluding hydrogens is 733 g/mol. The summed E-state index contributed by atoms with van der Waals surface area (Å²) < 4.78 is 6.75. The zero-order valence-electron chi connectivity index (χ0n) is 32.5. The van der Waals surface area contributed by atoms with E-state index in [1.807, 2.05) is 72.8 Å². The normalized spacial score (nSPS) is 11.5. The molecular formula is C55H36N4O. The van der Waals surface area contributed by atoms with E-state index in [0.29, 0.717) is 17.5 Å². The summed E-state index contributed by atoms with van der Waals surface area (Å²) >= 11 is 0. The Morgan fingerprint density at radius 1 is 0.300 bits per heavy atom. The van der Waals surface area contributed by atoms with Gasteiger partial charge < -0.3 is 9.64 Å². The van der Waals surface area contributed by atoms with Crippen molar-refractivity contribution in [2.24, 2.45) is 0 Å². The van der Waals surface area contributed by atoms with Gasteiger partial charge in [0.25, 0.3) is 0 Å². The van der Waals surface area contributed by atoms with Crippen LogP contribution in [0.15, 0.2) is 218 Å². The molecule has 5 heteroatoms. The standard InChI is InChI=1S/C55H36N4O/c1-5-14-37(15-6-1)38-24-29-44(30-25-38)59(43-20-11-4-12-21-43)45-31-26-39(27-32-45)42-28-33-46-47-22-13-23-48-49(34-35-50(52(47)48)60-51(46)36-42)55-57-53(40-16-7-2-8-17-40)56-54(58-55)41-18-9-3-10-19-41/h1-36H. The number of benzene rings is 9. The molecule has 1 aliphatic rings. The summed E-state index contributed by atoms with van der Waals surface area (Å²) in [5.74, 6) is 3.51. The van der Waals surface area contributed by atoms with Crippen LogP contribution in [-0.2, 0) is 0 Å². The first-order chi connectivity index (χ1) is 29.7. The third-order valence-corrected chi connectivity index (χ3v) is 11.1. The van der Waals surface area contributed by atoms with Crippen LogP contribution in [0.2, 0.25) is 0 Å². The smallest absolute Gasteiger partial charge is 0.164 e. The van der Waals surface area contributed by atoms with Gasteiger partial charge in [-0.3, -0.25) is 0 Å². The SMILES string of the molecule is c1ccc(-c2ccc(N(c3ccccc3)c3ccc(-c4ccc5c(c4)Oc4ccc(-c6nc(-c7ccccc7)nc(-c7ccccc7)n6)c6cccc-5c46)cc3)cc2)cc1. The molecule has 60 heavy (non-hydrogen) atoms. The maximum atomic E-state index is 6.75. The van der Waals surface area contributed by atoms with E-state index in [1.54, 1.807) is 0 Å². The van der Waals surface area contributed by atoms with Gasteiger partial charge in [-0.1, -0.05) is 158 Å². The quantitative estimate of drug-likeness (QED) is 0.154. The van der Waals surface area contributed by atoms with Gasteiger partial charge >= 0.3 is 0 Å². The fourth-order valence-electron chi connectivity index (χ4n) is 8.20. The van der Waals surface area contributed by atoms with Crippen LogP contribution in [0, 0.1) is 0 Å². The first-order valence-corrected chi connectivity index (χ1v) is 20.1. The second kappa shape index (κ2) is 15.0. The Morgan fingerprint density at radius 2 is 0.767 bits per heavy atom. The van der Waals surface area contributed by atoms with Gasteiger partial charge in [0.1, 0.15) is 11.5 Å². The van der Waals surface area contributed by atoms with E-state index in [1.165, 1.54) is 11.1 Å². The van der Waals surface area contributed by atoms with E-state index in [4.69, 9.17) is 19.7 Å². The van der Waals surface area contributed by atoms with Crippen LogP contribution in [0.25, 0.3) is 78.3 Å². The Hall–Kier alpha value is -8.15. The fraction of sp³-hybridized carbons (Fsp3) is 0. The summed E-state index contributed by atoms with van der Waals surface area (Å²) in [6.45, 7) is 0. The minimum absolute atomic E-state index is 0.617. The minimum Gasteiger partial charge on any atom is -0.456 e. The van der Waals surface area contributed by atoms with E-state index in [9.17, 15) is 0 Å². The Labute approximate surface area is 348 Å². The van der Waals surface area contributed by atoms with Crippen molar-refractivity contribution in [3.05, 3.63) is 218 Å². The van der Waals surface area contributed by atoms with Crippen molar-refractivity contribution < 1.29 is 4.74 Å². The molecule has 5 nitrogen and oxygen atoms in total. The molecule has 1 aliphatic heterocycles. The summed E-state index contributed by atoms with van der Waals surface area (Å²) in [7, 11) is 0. The van der Waals surface area contributed by atoms with E-state index in [2.05, 4.69) is 150 Å². The number of hydrogen-bond acceptors (Lipinski definition) is 5. The molecule has 0 amide bonds. The molecule has 0 saturated heterocycles. The average Bonchev–Trinajstić information content (AvgIpc) is 3.33. The lowest BCUT2D eigenvalue weighted by Gasteiger charge is -2.26. The van der Waals surface area contributed by atoms with Crippen LogP contribution in [0.3, 0.4) is 0 Å². The largest absolute Gasteiger partial charge is 0.456 e. The van der Waals surface area contributed by atoms with Gasteiger partial charge in [-0.15, -0.1) is 0 Å².